The first-order valence-electron chi connectivity index (χ1n) is 8.87. The summed E-state index contributed by atoms with van der Waals surface area (Å²) < 4.78 is 1.58. The van der Waals surface area contributed by atoms with Crippen LogP contribution in [0.15, 0.2) is 30.3 Å². The fourth-order valence-corrected chi connectivity index (χ4v) is 4.33. The Hall–Kier alpha value is -2.34. The number of amides is 1. The molecule has 2 aliphatic rings. The second kappa shape index (κ2) is 6.19. The van der Waals surface area contributed by atoms with Crippen LogP contribution in [0.3, 0.4) is 0 Å². The lowest BCUT2D eigenvalue weighted by molar-refractivity contribution is 0.0773. The molecule has 0 unspecified atom stereocenters. The summed E-state index contributed by atoms with van der Waals surface area (Å²) in [6.07, 6.45) is 0. The Kier molecular flexibility index (Phi) is 4.00. The number of carbonyl (C=O) groups excluding carboxylic acids is 1. The lowest BCUT2D eigenvalue weighted by Crippen LogP contribution is -2.33. The fraction of sp³-hybridized carbons (Fsp3) is 0.474. The van der Waals surface area contributed by atoms with Crippen molar-refractivity contribution in [2.75, 3.05) is 31.9 Å². The van der Waals surface area contributed by atoms with E-state index in [1.165, 1.54) is 5.56 Å². The number of nitrogens with zero attached hydrogens (tertiary/aromatic N) is 4. The van der Waals surface area contributed by atoms with Crippen molar-refractivity contribution >= 4 is 11.7 Å². The van der Waals surface area contributed by atoms with E-state index in [9.17, 15) is 4.79 Å². The molecule has 0 aliphatic carbocycles. The van der Waals surface area contributed by atoms with Crippen LogP contribution in [-0.2, 0) is 13.6 Å². The average Bonchev–Trinajstić information content (AvgIpc) is 3.20. The zero-order chi connectivity index (χ0) is 17.6. The lowest BCUT2D eigenvalue weighted by Gasteiger charge is -2.21. The Morgan fingerprint density at radius 3 is 2.36 bits per heavy atom. The Labute approximate surface area is 148 Å². The van der Waals surface area contributed by atoms with E-state index in [4.69, 9.17) is 5.73 Å². The van der Waals surface area contributed by atoms with Gasteiger partial charge in [-0.25, -0.2) is 0 Å². The van der Waals surface area contributed by atoms with Crippen molar-refractivity contribution in [1.82, 2.24) is 19.6 Å². The van der Waals surface area contributed by atoms with Crippen molar-refractivity contribution in [3.63, 3.8) is 0 Å². The van der Waals surface area contributed by atoms with Gasteiger partial charge in [-0.3, -0.25) is 14.4 Å². The van der Waals surface area contributed by atoms with Crippen molar-refractivity contribution in [2.24, 2.45) is 18.9 Å². The SMILES string of the molecule is Cc1nn(C)c(N)c1C(=O)N1C[C@H]2CN(Cc3ccccc3)C[C@H]2C1. The number of nitrogens with two attached hydrogens (primary N) is 1. The maximum absolute atomic E-state index is 12.9. The third-order valence-corrected chi connectivity index (χ3v) is 5.58. The van der Waals surface area contributed by atoms with Crippen LogP contribution in [0.5, 0.6) is 0 Å². The molecule has 25 heavy (non-hydrogen) atoms. The molecule has 3 heterocycles. The topological polar surface area (TPSA) is 67.4 Å². The molecule has 132 valence electrons. The van der Waals surface area contributed by atoms with E-state index in [1.54, 1.807) is 11.7 Å². The summed E-state index contributed by atoms with van der Waals surface area (Å²) in [6.45, 7) is 6.61. The zero-order valence-corrected chi connectivity index (χ0v) is 14.9. The molecule has 6 heteroatoms. The van der Waals surface area contributed by atoms with Gasteiger partial charge in [0.15, 0.2) is 0 Å². The lowest BCUT2D eigenvalue weighted by atomic mass is 10.0. The van der Waals surface area contributed by atoms with E-state index >= 15 is 0 Å². The number of anilines is 1. The predicted molar refractivity (Wildman–Crippen MR) is 97.0 cm³/mol. The average molecular weight is 339 g/mol. The highest BCUT2D eigenvalue weighted by Crippen LogP contribution is 2.33. The van der Waals surface area contributed by atoms with Gasteiger partial charge in [-0.1, -0.05) is 30.3 Å². The molecule has 0 bridgehead atoms. The Bertz CT molecular complexity index is 771. The van der Waals surface area contributed by atoms with Crippen molar-refractivity contribution in [3.05, 3.63) is 47.2 Å². The monoisotopic (exact) mass is 339 g/mol. The molecule has 0 spiro atoms. The van der Waals surface area contributed by atoms with Gasteiger partial charge in [-0.05, 0) is 24.3 Å². The minimum Gasteiger partial charge on any atom is -0.383 e. The van der Waals surface area contributed by atoms with Gasteiger partial charge >= 0.3 is 0 Å². The van der Waals surface area contributed by atoms with E-state index in [2.05, 4.69) is 40.3 Å². The van der Waals surface area contributed by atoms with E-state index in [-0.39, 0.29) is 5.91 Å². The maximum atomic E-state index is 12.9. The number of nitrogen functional groups attached to an aromatic ring is 1. The molecule has 2 saturated heterocycles. The summed E-state index contributed by atoms with van der Waals surface area (Å²) in [4.78, 5) is 17.4. The maximum Gasteiger partial charge on any atom is 0.259 e. The summed E-state index contributed by atoms with van der Waals surface area (Å²) >= 11 is 0. The molecular formula is C19H25N5O. The van der Waals surface area contributed by atoms with E-state index in [0.717, 1.165) is 32.7 Å². The first kappa shape index (κ1) is 16.1. The van der Waals surface area contributed by atoms with E-state index < -0.39 is 0 Å². The minimum absolute atomic E-state index is 0.0344. The van der Waals surface area contributed by atoms with E-state index in [1.807, 2.05) is 11.8 Å². The van der Waals surface area contributed by atoms with Crippen molar-refractivity contribution in [2.45, 2.75) is 13.5 Å². The summed E-state index contributed by atoms with van der Waals surface area (Å²) in [7, 11) is 1.78. The first-order chi connectivity index (χ1) is 12.0. The molecule has 2 atom stereocenters. The molecule has 1 aromatic heterocycles. The minimum atomic E-state index is 0.0344. The number of rotatable bonds is 3. The van der Waals surface area contributed by atoms with Gasteiger partial charge in [0.05, 0.1) is 5.69 Å². The van der Waals surface area contributed by atoms with Crippen LogP contribution >= 0.6 is 0 Å². The number of fused-ring (bicyclic) bond motifs is 1. The van der Waals surface area contributed by atoms with Crippen molar-refractivity contribution < 1.29 is 4.79 Å². The van der Waals surface area contributed by atoms with E-state index in [0.29, 0.717) is 28.9 Å². The third-order valence-electron chi connectivity index (χ3n) is 5.58. The van der Waals surface area contributed by atoms with Crippen LogP contribution in [0, 0.1) is 18.8 Å². The highest BCUT2D eigenvalue weighted by Gasteiger charge is 2.42. The van der Waals surface area contributed by atoms with Gasteiger partial charge in [0, 0.05) is 39.8 Å². The normalized spacial score (nSPS) is 23.2. The number of hydrogen-bond acceptors (Lipinski definition) is 4. The van der Waals surface area contributed by atoms with Gasteiger partial charge in [0.1, 0.15) is 11.4 Å². The summed E-state index contributed by atoms with van der Waals surface area (Å²) in [5.41, 5.74) is 8.68. The number of aromatic nitrogens is 2. The van der Waals surface area contributed by atoms with Crippen LogP contribution < -0.4 is 5.73 Å². The first-order valence-corrected chi connectivity index (χ1v) is 8.87. The molecule has 2 aromatic rings. The number of carbonyl (C=O) groups is 1. The number of likely N-dealkylation sites (tertiary alicyclic amines) is 2. The standard InChI is InChI=1S/C19H25N5O/c1-13-17(18(20)22(2)21-13)19(25)24-11-15-9-23(10-16(15)12-24)8-14-6-4-3-5-7-14/h3-7,15-16H,8-12,20H2,1-2H3/t15-,16+. The Morgan fingerprint density at radius 1 is 1.16 bits per heavy atom. The molecule has 2 fully saturated rings. The zero-order valence-electron chi connectivity index (χ0n) is 14.9. The van der Waals surface area contributed by atoms with Crippen LogP contribution in [0.2, 0.25) is 0 Å². The fourth-order valence-electron chi connectivity index (χ4n) is 4.33. The predicted octanol–water partition coefficient (Wildman–Crippen LogP) is 1.51. The highest BCUT2D eigenvalue weighted by molar-refractivity contribution is 5.99. The molecule has 2 aliphatic heterocycles. The second-order valence-electron chi connectivity index (χ2n) is 7.38. The number of hydrogen-bond donors (Lipinski definition) is 1. The van der Waals surface area contributed by atoms with Crippen LogP contribution in [0.25, 0.3) is 0 Å². The van der Waals surface area contributed by atoms with Crippen molar-refractivity contribution in [1.29, 1.82) is 0 Å². The van der Waals surface area contributed by atoms with Gasteiger partial charge in [0.2, 0.25) is 0 Å². The largest absolute Gasteiger partial charge is 0.383 e. The van der Waals surface area contributed by atoms with Gasteiger partial charge in [-0.2, -0.15) is 5.10 Å². The highest BCUT2D eigenvalue weighted by atomic mass is 16.2. The molecule has 0 radical (unpaired) electrons. The van der Waals surface area contributed by atoms with Gasteiger partial charge in [0.25, 0.3) is 5.91 Å². The quantitative estimate of drug-likeness (QED) is 0.920. The molecule has 1 aromatic carbocycles. The van der Waals surface area contributed by atoms with Gasteiger partial charge in [-0.15, -0.1) is 0 Å². The summed E-state index contributed by atoms with van der Waals surface area (Å²) in [5, 5.41) is 4.27. The van der Waals surface area contributed by atoms with Crippen LogP contribution in [-0.4, -0.2) is 51.7 Å². The van der Waals surface area contributed by atoms with Gasteiger partial charge < -0.3 is 10.6 Å². The summed E-state index contributed by atoms with van der Waals surface area (Å²) in [6, 6.07) is 10.6. The second-order valence-corrected chi connectivity index (χ2v) is 7.38. The number of benzene rings is 1. The van der Waals surface area contributed by atoms with Crippen LogP contribution in [0.4, 0.5) is 5.82 Å². The molecule has 1 amide bonds. The molecule has 6 nitrogen and oxygen atoms in total. The third kappa shape index (κ3) is 2.91. The van der Waals surface area contributed by atoms with Crippen LogP contribution in [0.1, 0.15) is 21.6 Å². The number of aryl methyl sites for hydroxylation is 2. The Balaban J connectivity index is 1.40. The smallest absolute Gasteiger partial charge is 0.259 e. The molecule has 0 saturated carbocycles. The Morgan fingerprint density at radius 2 is 1.80 bits per heavy atom. The summed E-state index contributed by atoms with van der Waals surface area (Å²) in [5.74, 6) is 1.62. The molecule has 2 N–H and O–H groups in total. The molecular weight excluding hydrogens is 314 g/mol. The molecule has 4 rings (SSSR count). The van der Waals surface area contributed by atoms with Crippen molar-refractivity contribution in [3.8, 4) is 0 Å².